The lowest BCUT2D eigenvalue weighted by atomic mass is 10.3. The van der Waals surface area contributed by atoms with Crippen LogP contribution in [0.3, 0.4) is 0 Å². The summed E-state index contributed by atoms with van der Waals surface area (Å²) in [6.45, 7) is -0.454. The molecule has 0 aromatic heterocycles. The van der Waals surface area contributed by atoms with Gasteiger partial charge in [0.1, 0.15) is 0 Å². The van der Waals surface area contributed by atoms with Gasteiger partial charge in [0.05, 0.1) is 0 Å². The molecule has 2 heteroatoms. The maximum atomic E-state index is 12.0. The zero-order chi connectivity index (χ0) is 7.40. The van der Waals surface area contributed by atoms with Crippen LogP contribution in [0.15, 0.2) is 24.3 Å². The van der Waals surface area contributed by atoms with Crippen LogP contribution in [-0.4, -0.2) is 13.8 Å². The standard InChI is InChI=1S/C8H9FN/c1-10(7-9)8-5-3-2-4-6-8/h3-6H,7H2,1H3. The fourth-order valence-electron chi connectivity index (χ4n) is 0.702. The van der Waals surface area contributed by atoms with Crippen molar-refractivity contribution in [1.82, 2.24) is 0 Å². The summed E-state index contributed by atoms with van der Waals surface area (Å²) in [4.78, 5) is 1.52. The number of hydrogen-bond acceptors (Lipinski definition) is 1. The van der Waals surface area contributed by atoms with Crippen molar-refractivity contribution in [3.05, 3.63) is 30.3 Å². The van der Waals surface area contributed by atoms with E-state index in [1.807, 2.05) is 12.1 Å². The first-order valence-electron chi connectivity index (χ1n) is 3.08. The van der Waals surface area contributed by atoms with Crippen LogP contribution in [-0.2, 0) is 0 Å². The molecule has 1 rings (SSSR count). The van der Waals surface area contributed by atoms with E-state index in [-0.39, 0.29) is 0 Å². The predicted octanol–water partition coefficient (Wildman–Crippen LogP) is 1.85. The number of halogens is 1. The van der Waals surface area contributed by atoms with E-state index in [2.05, 4.69) is 6.07 Å². The van der Waals surface area contributed by atoms with Gasteiger partial charge in [0.2, 0.25) is 0 Å². The second-order valence-corrected chi connectivity index (χ2v) is 2.08. The molecular formula is C8H9FN. The van der Waals surface area contributed by atoms with Gasteiger partial charge in [0, 0.05) is 12.7 Å². The van der Waals surface area contributed by atoms with Crippen molar-refractivity contribution < 1.29 is 4.39 Å². The van der Waals surface area contributed by atoms with Crippen LogP contribution in [0.25, 0.3) is 0 Å². The summed E-state index contributed by atoms with van der Waals surface area (Å²) < 4.78 is 12.0. The Morgan fingerprint density at radius 1 is 1.50 bits per heavy atom. The zero-order valence-corrected chi connectivity index (χ0v) is 5.84. The molecule has 0 fully saturated rings. The molecule has 0 aliphatic rings. The normalized spacial score (nSPS) is 9.40. The molecule has 0 N–H and O–H groups in total. The molecule has 0 amide bonds. The van der Waals surface area contributed by atoms with Gasteiger partial charge in [0.15, 0.2) is 6.80 Å². The minimum absolute atomic E-state index is 0.454. The minimum Gasteiger partial charge on any atom is -0.348 e. The first-order valence-corrected chi connectivity index (χ1v) is 3.08. The van der Waals surface area contributed by atoms with Crippen LogP contribution in [0.4, 0.5) is 10.1 Å². The van der Waals surface area contributed by atoms with Gasteiger partial charge in [-0.25, -0.2) is 4.39 Å². The van der Waals surface area contributed by atoms with E-state index in [1.165, 1.54) is 4.90 Å². The molecule has 0 aliphatic heterocycles. The van der Waals surface area contributed by atoms with E-state index in [1.54, 1.807) is 19.2 Å². The molecule has 0 heterocycles. The molecule has 0 unspecified atom stereocenters. The Labute approximate surface area is 60.1 Å². The SMILES string of the molecule is CN(CF)c1cc[c]cc1. The molecular weight excluding hydrogens is 129 g/mol. The van der Waals surface area contributed by atoms with Gasteiger partial charge in [0.25, 0.3) is 0 Å². The molecule has 0 aliphatic carbocycles. The van der Waals surface area contributed by atoms with Crippen LogP contribution < -0.4 is 4.90 Å². The van der Waals surface area contributed by atoms with Gasteiger partial charge < -0.3 is 4.90 Å². The van der Waals surface area contributed by atoms with Gasteiger partial charge in [-0.05, 0) is 18.2 Å². The van der Waals surface area contributed by atoms with E-state index in [0.717, 1.165) is 5.69 Å². The van der Waals surface area contributed by atoms with Crippen molar-refractivity contribution in [1.29, 1.82) is 0 Å². The Hall–Kier alpha value is -1.05. The van der Waals surface area contributed by atoms with E-state index in [4.69, 9.17) is 0 Å². The third kappa shape index (κ3) is 1.47. The summed E-state index contributed by atoms with van der Waals surface area (Å²) in [6, 6.07) is 10.0. The summed E-state index contributed by atoms with van der Waals surface area (Å²) in [5, 5.41) is 0. The molecule has 1 nitrogen and oxygen atoms in total. The highest BCUT2D eigenvalue weighted by atomic mass is 19.1. The molecule has 0 saturated carbocycles. The summed E-state index contributed by atoms with van der Waals surface area (Å²) in [6.07, 6.45) is 0. The topological polar surface area (TPSA) is 3.24 Å². The van der Waals surface area contributed by atoms with E-state index in [9.17, 15) is 4.39 Å². The molecule has 1 aromatic carbocycles. The van der Waals surface area contributed by atoms with Crippen LogP contribution in [0.1, 0.15) is 0 Å². The molecule has 1 aromatic rings. The Kier molecular flexibility index (Phi) is 2.26. The third-order valence-corrected chi connectivity index (χ3v) is 1.32. The average molecular weight is 138 g/mol. The van der Waals surface area contributed by atoms with Crippen molar-refractivity contribution >= 4 is 5.69 Å². The van der Waals surface area contributed by atoms with Gasteiger partial charge in [-0.1, -0.05) is 12.1 Å². The van der Waals surface area contributed by atoms with E-state index in [0.29, 0.717) is 0 Å². The average Bonchev–Trinajstić information content (AvgIpc) is 2.05. The Morgan fingerprint density at radius 2 is 2.10 bits per heavy atom. The summed E-state index contributed by atoms with van der Waals surface area (Å²) in [5.74, 6) is 0. The first-order chi connectivity index (χ1) is 4.84. The highest BCUT2D eigenvalue weighted by Gasteiger charge is 1.94. The van der Waals surface area contributed by atoms with Gasteiger partial charge in [-0.15, -0.1) is 0 Å². The molecule has 0 saturated heterocycles. The maximum Gasteiger partial charge on any atom is 0.161 e. The first kappa shape index (κ1) is 7.06. The smallest absolute Gasteiger partial charge is 0.161 e. The number of anilines is 1. The van der Waals surface area contributed by atoms with Crippen molar-refractivity contribution in [2.75, 3.05) is 18.7 Å². The van der Waals surface area contributed by atoms with Crippen molar-refractivity contribution in [2.24, 2.45) is 0 Å². The van der Waals surface area contributed by atoms with E-state index >= 15 is 0 Å². The predicted molar refractivity (Wildman–Crippen MR) is 39.7 cm³/mol. The van der Waals surface area contributed by atoms with Crippen LogP contribution in [0.5, 0.6) is 0 Å². The number of alkyl halides is 1. The highest BCUT2D eigenvalue weighted by molar-refractivity contribution is 5.44. The molecule has 0 bridgehead atoms. The largest absolute Gasteiger partial charge is 0.348 e. The van der Waals surface area contributed by atoms with Gasteiger partial charge >= 0.3 is 0 Å². The maximum absolute atomic E-state index is 12.0. The lowest BCUT2D eigenvalue weighted by Gasteiger charge is -2.13. The molecule has 10 heavy (non-hydrogen) atoms. The highest BCUT2D eigenvalue weighted by Crippen LogP contribution is 2.09. The lowest BCUT2D eigenvalue weighted by Crippen LogP contribution is -2.14. The van der Waals surface area contributed by atoms with Gasteiger partial charge in [-0.2, -0.15) is 0 Å². The summed E-state index contributed by atoms with van der Waals surface area (Å²) >= 11 is 0. The quantitative estimate of drug-likeness (QED) is 0.564. The van der Waals surface area contributed by atoms with Crippen LogP contribution >= 0.6 is 0 Å². The number of rotatable bonds is 2. The van der Waals surface area contributed by atoms with Gasteiger partial charge in [-0.3, -0.25) is 0 Å². The molecule has 0 atom stereocenters. The lowest BCUT2D eigenvalue weighted by molar-refractivity contribution is 0.491. The second-order valence-electron chi connectivity index (χ2n) is 2.08. The fraction of sp³-hybridized carbons (Fsp3) is 0.250. The zero-order valence-electron chi connectivity index (χ0n) is 5.84. The number of hydrogen-bond donors (Lipinski definition) is 0. The number of benzene rings is 1. The Morgan fingerprint density at radius 3 is 2.60 bits per heavy atom. The second kappa shape index (κ2) is 3.20. The van der Waals surface area contributed by atoms with Crippen LogP contribution in [0.2, 0.25) is 0 Å². The summed E-state index contributed by atoms with van der Waals surface area (Å²) in [7, 11) is 1.70. The van der Waals surface area contributed by atoms with Crippen molar-refractivity contribution in [2.45, 2.75) is 0 Å². The third-order valence-electron chi connectivity index (χ3n) is 1.32. The van der Waals surface area contributed by atoms with E-state index < -0.39 is 6.80 Å². The minimum atomic E-state index is -0.454. The number of nitrogens with zero attached hydrogens (tertiary/aromatic N) is 1. The molecule has 0 spiro atoms. The fourth-order valence-corrected chi connectivity index (χ4v) is 0.702. The molecule has 53 valence electrons. The van der Waals surface area contributed by atoms with Crippen molar-refractivity contribution in [3.63, 3.8) is 0 Å². The molecule has 1 radical (unpaired) electrons. The van der Waals surface area contributed by atoms with Crippen molar-refractivity contribution in [3.8, 4) is 0 Å². The van der Waals surface area contributed by atoms with Crippen LogP contribution in [0, 0.1) is 6.07 Å². The Balaban J connectivity index is 2.75. The Bertz CT molecular complexity index is 186. The monoisotopic (exact) mass is 138 g/mol. The summed E-state index contributed by atoms with van der Waals surface area (Å²) in [5.41, 5.74) is 0.876.